The van der Waals surface area contributed by atoms with Crippen LogP contribution >= 0.6 is 0 Å². The van der Waals surface area contributed by atoms with Crippen LogP contribution in [0.3, 0.4) is 0 Å². The molecule has 0 bridgehead atoms. The van der Waals surface area contributed by atoms with Gasteiger partial charge in [0.25, 0.3) is 5.91 Å². The average molecular weight is 394 g/mol. The maximum Gasteiger partial charge on any atom is 0.251 e. The van der Waals surface area contributed by atoms with Crippen molar-refractivity contribution < 1.29 is 18.8 Å². The lowest BCUT2D eigenvalue weighted by atomic mass is 10.1. The van der Waals surface area contributed by atoms with E-state index in [9.17, 15) is 4.79 Å². The van der Waals surface area contributed by atoms with Crippen LogP contribution in [0.4, 0.5) is 0 Å². The molecule has 1 heterocycles. The molecular weight excluding hydrogens is 368 g/mol. The molecule has 6 heteroatoms. The van der Waals surface area contributed by atoms with Crippen LogP contribution in [-0.2, 0) is 24.5 Å². The number of nitrogens with zero attached hydrogens (tertiary/aromatic N) is 1. The van der Waals surface area contributed by atoms with Crippen molar-refractivity contribution in [3.05, 3.63) is 82.2 Å². The van der Waals surface area contributed by atoms with Crippen molar-refractivity contribution in [2.24, 2.45) is 0 Å². The van der Waals surface area contributed by atoms with Crippen LogP contribution in [0.1, 0.15) is 45.4 Å². The number of carbonyl (C=O) groups excluding carboxylic acids is 1. The van der Waals surface area contributed by atoms with E-state index >= 15 is 0 Å². The van der Waals surface area contributed by atoms with E-state index in [4.69, 9.17) is 14.0 Å². The van der Waals surface area contributed by atoms with Gasteiger partial charge in [-0.1, -0.05) is 29.4 Å². The van der Waals surface area contributed by atoms with Gasteiger partial charge in [0.1, 0.15) is 18.1 Å². The molecule has 3 aromatic rings. The van der Waals surface area contributed by atoms with Crippen LogP contribution < -0.4 is 10.1 Å². The summed E-state index contributed by atoms with van der Waals surface area (Å²) in [6.45, 7) is 7.74. The second kappa shape index (κ2) is 9.89. The standard InChI is InChI=1S/C23H26N2O4/c1-4-27-14-20-8-6-5-7-19(20)13-24-23(26)18-9-11-21(12-10-18)28-15-22-16(2)25-29-17(22)3/h5-12H,4,13-15H2,1-3H3,(H,24,26). The minimum atomic E-state index is -0.131. The number of aromatic nitrogens is 1. The van der Waals surface area contributed by atoms with Gasteiger partial charge in [0.2, 0.25) is 0 Å². The van der Waals surface area contributed by atoms with Gasteiger partial charge in [-0.15, -0.1) is 0 Å². The second-order valence-corrected chi connectivity index (χ2v) is 6.70. The molecule has 0 aliphatic carbocycles. The highest BCUT2D eigenvalue weighted by atomic mass is 16.5. The first-order valence-electron chi connectivity index (χ1n) is 9.65. The highest BCUT2D eigenvalue weighted by Crippen LogP contribution is 2.18. The summed E-state index contributed by atoms with van der Waals surface area (Å²) >= 11 is 0. The number of hydrogen-bond acceptors (Lipinski definition) is 5. The molecule has 0 spiro atoms. The third kappa shape index (κ3) is 5.45. The maximum absolute atomic E-state index is 12.5. The smallest absolute Gasteiger partial charge is 0.251 e. The summed E-state index contributed by atoms with van der Waals surface area (Å²) in [6.07, 6.45) is 0. The van der Waals surface area contributed by atoms with Crippen molar-refractivity contribution in [2.45, 2.75) is 40.5 Å². The number of aryl methyl sites for hydroxylation is 2. The topological polar surface area (TPSA) is 73.6 Å². The van der Waals surface area contributed by atoms with Gasteiger partial charge in [-0.05, 0) is 56.2 Å². The van der Waals surface area contributed by atoms with E-state index in [2.05, 4.69) is 10.5 Å². The molecule has 3 rings (SSSR count). The number of amides is 1. The zero-order valence-electron chi connectivity index (χ0n) is 17.0. The number of ether oxygens (including phenoxy) is 2. The molecule has 0 saturated heterocycles. The van der Waals surface area contributed by atoms with Crippen LogP contribution in [0.15, 0.2) is 53.1 Å². The normalized spacial score (nSPS) is 10.7. The molecule has 0 unspecified atom stereocenters. The summed E-state index contributed by atoms with van der Waals surface area (Å²) in [4.78, 5) is 12.5. The Bertz CT molecular complexity index is 928. The third-order valence-electron chi connectivity index (χ3n) is 4.70. The Morgan fingerprint density at radius 2 is 1.76 bits per heavy atom. The largest absolute Gasteiger partial charge is 0.489 e. The lowest BCUT2D eigenvalue weighted by molar-refractivity contribution is 0.0949. The molecule has 29 heavy (non-hydrogen) atoms. The van der Waals surface area contributed by atoms with E-state index < -0.39 is 0 Å². The van der Waals surface area contributed by atoms with Gasteiger partial charge in [-0.25, -0.2) is 0 Å². The van der Waals surface area contributed by atoms with E-state index in [1.807, 2.05) is 45.0 Å². The monoisotopic (exact) mass is 394 g/mol. The Morgan fingerprint density at radius 1 is 1.03 bits per heavy atom. The first-order chi connectivity index (χ1) is 14.1. The number of benzene rings is 2. The van der Waals surface area contributed by atoms with E-state index in [1.165, 1.54) is 0 Å². The molecule has 0 radical (unpaired) electrons. The zero-order chi connectivity index (χ0) is 20.6. The average Bonchev–Trinajstić information content (AvgIpc) is 3.07. The SMILES string of the molecule is CCOCc1ccccc1CNC(=O)c1ccc(OCc2c(C)noc2C)cc1. The van der Waals surface area contributed by atoms with E-state index in [0.29, 0.717) is 37.7 Å². The van der Waals surface area contributed by atoms with Crippen molar-refractivity contribution in [1.29, 1.82) is 0 Å². The molecular formula is C23H26N2O4. The molecule has 0 fully saturated rings. The summed E-state index contributed by atoms with van der Waals surface area (Å²) in [5.41, 5.74) is 4.48. The lowest BCUT2D eigenvalue weighted by Gasteiger charge is -2.11. The van der Waals surface area contributed by atoms with Crippen molar-refractivity contribution in [1.82, 2.24) is 10.5 Å². The molecule has 1 amide bonds. The number of carbonyl (C=O) groups is 1. The molecule has 0 atom stereocenters. The summed E-state index contributed by atoms with van der Waals surface area (Å²) < 4.78 is 16.4. The van der Waals surface area contributed by atoms with Crippen molar-refractivity contribution in [2.75, 3.05) is 6.61 Å². The molecule has 0 aliphatic heterocycles. The number of nitrogens with one attached hydrogen (secondary N) is 1. The summed E-state index contributed by atoms with van der Waals surface area (Å²) in [7, 11) is 0. The quantitative estimate of drug-likeness (QED) is 0.584. The van der Waals surface area contributed by atoms with Crippen LogP contribution in [0.2, 0.25) is 0 Å². The molecule has 1 aromatic heterocycles. The molecule has 6 nitrogen and oxygen atoms in total. The van der Waals surface area contributed by atoms with Crippen molar-refractivity contribution >= 4 is 5.91 Å². The summed E-state index contributed by atoms with van der Waals surface area (Å²) in [5.74, 6) is 1.31. The van der Waals surface area contributed by atoms with Gasteiger partial charge in [-0.3, -0.25) is 4.79 Å². The Morgan fingerprint density at radius 3 is 2.41 bits per heavy atom. The fourth-order valence-electron chi connectivity index (χ4n) is 2.93. The Kier molecular flexibility index (Phi) is 7.03. The summed E-state index contributed by atoms with van der Waals surface area (Å²) in [6, 6.07) is 15.0. The van der Waals surface area contributed by atoms with Crippen LogP contribution in [0.5, 0.6) is 5.75 Å². The van der Waals surface area contributed by atoms with E-state index in [-0.39, 0.29) is 5.91 Å². The first-order valence-corrected chi connectivity index (χ1v) is 9.65. The number of hydrogen-bond donors (Lipinski definition) is 1. The molecule has 0 aliphatic rings. The van der Waals surface area contributed by atoms with Crippen LogP contribution in [-0.4, -0.2) is 17.7 Å². The highest BCUT2D eigenvalue weighted by molar-refractivity contribution is 5.94. The van der Waals surface area contributed by atoms with Gasteiger partial charge in [0.05, 0.1) is 17.9 Å². The fourth-order valence-corrected chi connectivity index (χ4v) is 2.93. The van der Waals surface area contributed by atoms with Crippen LogP contribution in [0, 0.1) is 13.8 Å². The molecule has 152 valence electrons. The van der Waals surface area contributed by atoms with Gasteiger partial charge >= 0.3 is 0 Å². The Labute approximate surface area is 170 Å². The fraction of sp³-hybridized carbons (Fsp3) is 0.304. The molecule has 2 aromatic carbocycles. The van der Waals surface area contributed by atoms with Crippen LogP contribution in [0.25, 0.3) is 0 Å². The Balaban J connectivity index is 1.55. The maximum atomic E-state index is 12.5. The highest BCUT2D eigenvalue weighted by Gasteiger charge is 2.11. The molecule has 0 saturated carbocycles. The predicted octanol–water partition coefficient (Wildman–Crippen LogP) is 4.34. The number of rotatable bonds is 9. The van der Waals surface area contributed by atoms with E-state index in [1.54, 1.807) is 24.3 Å². The van der Waals surface area contributed by atoms with Gasteiger partial charge in [0.15, 0.2) is 0 Å². The first kappa shape index (κ1) is 20.6. The second-order valence-electron chi connectivity index (χ2n) is 6.70. The third-order valence-corrected chi connectivity index (χ3v) is 4.70. The minimum Gasteiger partial charge on any atom is -0.489 e. The lowest BCUT2D eigenvalue weighted by Crippen LogP contribution is -2.23. The minimum absolute atomic E-state index is 0.131. The summed E-state index contributed by atoms with van der Waals surface area (Å²) in [5, 5.41) is 6.88. The van der Waals surface area contributed by atoms with E-state index in [0.717, 1.165) is 28.1 Å². The van der Waals surface area contributed by atoms with Crippen molar-refractivity contribution in [3.8, 4) is 5.75 Å². The zero-order valence-corrected chi connectivity index (χ0v) is 17.0. The molecule has 1 N–H and O–H groups in total. The Hall–Kier alpha value is -3.12. The van der Waals surface area contributed by atoms with Gasteiger partial charge in [-0.2, -0.15) is 0 Å². The van der Waals surface area contributed by atoms with Gasteiger partial charge < -0.3 is 19.3 Å². The van der Waals surface area contributed by atoms with Gasteiger partial charge in [0, 0.05) is 18.7 Å². The van der Waals surface area contributed by atoms with Crippen molar-refractivity contribution in [3.63, 3.8) is 0 Å². The predicted molar refractivity (Wildman–Crippen MR) is 110 cm³/mol.